The monoisotopic (exact) mass is 368 g/mol. The summed E-state index contributed by atoms with van der Waals surface area (Å²) >= 11 is 1.63. The van der Waals surface area contributed by atoms with Crippen LogP contribution in [0.3, 0.4) is 0 Å². The van der Waals surface area contributed by atoms with Crippen LogP contribution in [0, 0.1) is 6.92 Å². The zero-order valence-electron chi connectivity index (χ0n) is 15.3. The molecule has 0 saturated carbocycles. The van der Waals surface area contributed by atoms with E-state index in [2.05, 4.69) is 30.1 Å². The summed E-state index contributed by atoms with van der Waals surface area (Å²) in [6, 6.07) is 8.03. The summed E-state index contributed by atoms with van der Waals surface area (Å²) in [4.78, 5) is 17.2. The van der Waals surface area contributed by atoms with Gasteiger partial charge in [-0.25, -0.2) is 0 Å². The number of carbonyl (C=O) groups excluding carboxylic acids is 1. The quantitative estimate of drug-likeness (QED) is 0.697. The van der Waals surface area contributed by atoms with Gasteiger partial charge in [0.1, 0.15) is 5.82 Å². The van der Waals surface area contributed by atoms with Crippen LogP contribution in [0.1, 0.15) is 58.0 Å². The predicted octanol–water partition coefficient (Wildman–Crippen LogP) is 4.07. The first kappa shape index (κ1) is 17.2. The molecule has 1 atom stereocenters. The number of thiophene rings is 1. The number of pyridine rings is 1. The smallest absolute Gasteiger partial charge is 0.263 e. The molecule has 0 radical (unpaired) electrons. The minimum atomic E-state index is 0.166. The lowest BCUT2D eigenvalue weighted by atomic mass is 9.97. The summed E-state index contributed by atoms with van der Waals surface area (Å²) in [5.74, 6) is 1.37. The van der Waals surface area contributed by atoms with E-state index in [0.29, 0.717) is 6.54 Å². The maximum Gasteiger partial charge on any atom is 0.263 e. The standard InChI is InChI=1S/C20H24N4OS/c1-3-7-15-12-17(26-14(15)2)20(25)23-10-6-8-16(13-23)19-22-21-18-9-4-5-11-24(18)19/h4-5,9,11-12,16H,3,6-8,10,13H2,1-2H3. The van der Waals surface area contributed by atoms with Crippen LogP contribution in [0.4, 0.5) is 0 Å². The minimum Gasteiger partial charge on any atom is -0.337 e. The third-order valence-electron chi connectivity index (χ3n) is 5.16. The fourth-order valence-corrected chi connectivity index (χ4v) is 4.85. The molecule has 0 spiro atoms. The number of aryl methyl sites for hydroxylation is 2. The number of piperidine rings is 1. The molecule has 1 unspecified atom stereocenters. The molecule has 1 fully saturated rings. The molecular formula is C20H24N4OS. The average molecular weight is 369 g/mol. The molecule has 4 rings (SSSR count). The Bertz CT molecular complexity index is 929. The van der Waals surface area contributed by atoms with Crippen LogP contribution in [0.2, 0.25) is 0 Å². The number of hydrogen-bond acceptors (Lipinski definition) is 4. The molecule has 0 aliphatic carbocycles. The molecule has 6 heteroatoms. The minimum absolute atomic E-state index is 0.166. The van der Waals surface area contributed by atoms with Gasteiger partial charge in [-0.2, -0.15) is 0 Å². The van der Waals surface area contributed by atoms with Gasteiger partial charge in [0.2, 0.25) is 0 Å². The third kappa shape index (κ3) is 3.14. The van der Waals surface area contributed by atoms with Gasteiger partial charge >= 0.3 is 0 Å². The average Bonchev–Trinajstić information content (AvgIpc) is 3.26. The number of hydrogen-bond donors (Lipinski definition) is 0. The highest BCUT2D eigenvalue weighted by atomic mass is 32.1. The van der Waals surface area contributed by atoms with Gasteiger partial charge in [0.05, 0.1) is 4.88 Å². The Hall–Kier alpha value is -2.21. The molecule has 0 bridgehead atoms. The van der Waals surface area contributed by atoms with E-state index in [1.165, 1.54) is 10.4 Å². The van der Waals surface area contributed by atoms with Crippen LogP contribution in [-0.2, 0) is 6.42 Å². The summed E-state index contributed by atoms with van der Waals surface area (Å²) in [5, 5.41) is 8.67. The molecule has 5 nitrogen and oxygen atoms in total. The van der Waals surface area contributed by atoms with E-state index in [1.807, 2.05) is 33.7 Å². The SMILES string of the molecule is CCCc1cc(C(=O)N2CCCC(c3nnc4ccccn34)C2)sc1C. The molecule has 1 saturated heterocycles. The number of fused-ring (bicyclic) bond motifs is 1. The number of likely N-dealkylation sites (tertiary alicyclic amines) is 1. The molecule has 1 aliphatic rings. The van der Waals surface area contributed by atoms with Crippen LogP contribution in [0.25, 0.3) is 5.65 Å². The van der Waals surface area contributed by atoms with E-state index < -0.39 is 0 Å². The van der Waals surface area contributed by atoms with Crippen molar-refractivity contribution in [1.29, 1.82) is 0 Å². The maximum atomic E-state index is 13.0. The fraction of sp³-hybridized carbons (Fsp3) is 0.450. The van der Waals surface area contributed by atoms with Crippen molar-refractivity contribution in [2.24, 2.45) is 0 Å². The second-order valence-electron chi connectivity index (χ2n) is 7.02. The molecule has 1 aliphatic heterocycles. The van der Waals surface area contributed by atoms with Gasteiger partial charge in [-0.3, -0.25) is 9.20 Å². The summed E-state index contributed by atoms with van der Waals surface area (Å²) in [6.45, 7) is 5.84. The molecule has 4 heterocycles. The zero-order valence-corrected chi connectivity index (χ0v) is 16.1. The highest BCUT2D eigenvalue weighted by Gasteiger charge is 2.29. The van der Waals surface area contributed by atoms with Crippen molar-refractivity contribution in [3.05, 3.63) is 51.6 Å². The summed E-state index contributed by atoms with van der Waals surface area (Å²) in [6.07, 6.45) is 6.21. The maximum absolute atomic E-state index is 13.0. The Morgan fingerprint density at radius 3 is 3.08 bits per heavy atom. The lowest BCUT2D eigenvalue weighted by Gasteiger charge is -2.31. The van der Waals surface area contributed by atoms with Crippen LogP contribution >= 0.6 is 11.3 Å². The van der Waals surface area contributed by atoms with Gasteiger partial charge in [0.15, 0.2) is 5.65 Å². The van der Waals surface area contributed by atoms with Crippen LogP contribution < -0.4 is 0 Å². The first-order chi connectivity index (χ1) is 12.7. The van der Waals surface area contributed by atoms with Crippen molar-refractivity contribution in [3.63, 3.8) is 0 Å². The molecule has 136 valence electrons. The molecule has 3 aromatic rings. The Balaban J connectivity index is 1.55. The largest absolute Gasteiger partial charge is 0.337 e. The second-order valence-corrected chi connectivity index (χ2v) is 8.28. The third-order valence-corrected chi connectivity index (χ3v) is 6.25. The van der Waals surface area contributed by atoms with E-state index in [4.69, 9.17) is 0 Å². The molecular weight excluding hydrogens is 344 g/mol. The highest BCUT2D eigenvalue weighted by Crippen LogP contribution is 2.29. The highest BCUT2D eigenvalue weighted by molar-refractivity contribution is 7.14. The van der Waals surface area contributed by atoms with Gasteiger partial charge in [-0.15, -0.1) is 21.5 Å². The van der Waals surface area contributed by atoms with Crippen molar-refractivity contribution in [2.75, 3.05) is 13.1 Å². The Morgan fingerprint density at radius 1 is 1.35 bits per heavy atom. The van der Waals surface area contributed by atoms with Gasteiger partial charge in [-0.05, 0) is 49.9 Å². The van der Waals surface area contributed by atoms with Gasteiger partial charge < -0.3 is 4.90 Å². The fourth-order valence-electron chi connectivity index (χ4n) is 3.81. The van der Waals surface area contributed by atoms with Crippen LogP contribution in [0.15, 0.2) is 30.5 Å². The lowest BCUT2D eigenvalue weighted by molar-refractivity contribution is 0.0709. The predicted molar refractivity (Wildman–Crippen MR) is 104 cm³/mol. The van der Waals surface area contributed by atoms with Gasteiger partial charge in [0, 0.05) is 30.1 Å². The van der Waals surface area contributed by atoms with Crippen molar-refractivity contribution in [2.45, 2.75) is 45.4 Å². The summed E-state index contributed by atoms with van der Waals surface area (Å²) in [7, 11) is 0. The normalized spacial score (nSPS) is 17.8. The summed E-state index contributed by atoms with van der Waals surface area (Å²) < 4.78 is 2.05. The number of amides is 1. The molecule has 1 amide bonds. The Morgan fingerprint density at radius 2 is 2.23 bits per heavy atom. The Kier molecular flexibility index (Phi) is 4.76. The van der Waals surface area contributed by atoms with E-state index in [0.717, 1.165) is 48.6 Å². The molecule has 0 aromatic carbocycles. The molecule has 0 N–H and O–H groups in total. The molecule has 3 aromatic heterocycles. The number of aromatic nitrogens is 3. The topological polar surface area (TPSA) is 50.5 Å². The van der Waals surface area contributed by atoms with Gasteiger partial charge in [-0.1, -0.05) is 19.4 Å². The lowest BCUT2D eigenvalue weighted by Crippen LogP contribution is -2.39. The second kappa shape index (κ2) is 7.19. The van der Waals surface area contributed by atoms with Crippen molar-refractivity contribution >= 4 is 22.9 Å². The Labute approximate surface area is 157 Å². The van der Waals surface area contributed by atoms with E-state index in [9.17, 15) is 4.79 Å². The molecule has 26 heavy (non-hydrogen) atoms. The first-order valence-corrected chi connectivity index (χ1v) is 10.2. The van der Waals surface area contributed by atoms with E-state index in [1.54, 1.807) is 11.3 Å². The van der Waals surface area contributed by atoms with Crippen molar-refractivity contribution in [3.8, 4) is 0 Å². The number of nitrogens with zero attached hydrogens (tertiary/aromatic N) is 4. The van der Waals surface area contributed by atoms with E-state index >= 15 is 0 Å². The number of rotatable bonds is 4. The van der Waals surface area contributed by atoms with E-state index in [-0.39, 0.29) is 11.8 Å². The first-order valence-electron chi connectivity index (χ1n) is 9.35. The van der Waals surface area contributed by atoms with Crippen LogP contribution in [0.5, 0.6) is 0 Å². The van der Waals surface area contributed by atoms with Gasteiger partial charge in [0.25, 0.3) is 5.91 Å². The zero-order chi connectivity index (χ0) is 18.1. The van der Waals surface area contributed by atoms with Crippen LogP contribution in [-0.4, -0.2) is 38.5 Å². The number of carbonyl (C=O) groups is 1. The van der Waals surface area contributed by atoms with Crippen molar-refractivity contribution < 1.29 is 4.79 Å². The van der Waals surface area contributed by atoms with Crippen molar-refractivity contribution in [1.82, 2.24) is 19.5 Å². The summed E-state index contributed by atoms with van der Waals surface area (Å²) in [5.41, 5.74) is 2.18.